The maximum absolute atomic E-state index is 12.9. The smallest absolute Gasteiger partial charge is 0.267 e. The Balaban J connectivity index is 1.23. The van der Waals surface area contributed by atoms with Crippen molar-refractivity contribution < 1.29 is 14.3 Å². The molecule has 2 aromatic carbocycles. The number of carbonyl (C=O) groups is 1. The molecule has 1 amide bonds. The number of carbonyl (C=O) groups excluding carboxylic acids is 1. The van der Waals surface area contributed by atoms with Gasteiger partial charge in [-0.1, -0.05) is 24.3 Å². The molecule has 3 heterocycles. The van der Waals surface area contributed by atoms with E-state index >= 15 is 0 Å². The summed E-state index contributed by atoms with van der Waals surface area (Å²) in [6, 6.07) is 14.7. The molecule has 0 aliphatic carbocycles. The van der Waals surface area contributed by atoms with Gasteiger partial charge in [0.1, 0.15) is 12.4 Å². The summed E-state index contributed by atoms with van der Waals surface area (Å²) in [5.41, 5.74) is 0.563. The van der Waals surface area contributed by atoms with Gasteiger partial charge in [-0.2, -0.15) is 0 Å². The zero-order valence-corrected chi connectivity index (χ0v) is 17.3. The predicted octanol–water partition coefficient (Wildman–Crippen LogP) is 1.97. The number of H-pyrrole nitrogens is 1. The summed E-state index contributed by atoms with van der Waals surface area (Å²) in [6.07, 6.45) is -0.627. The van der Waals surface area contributed by atoms with Crippen molar-refractivity contribution in [2.45, 2.75) is 19.1 Å². The van der Waals surface area contributed by atoms with E-state index in [-0.39, 0.29) is 24.1 Å². The first-order valence-electron chi connectivity index (χ1n) is 10.5. The van der Waals surface area contributed by atoms with Crippen molar-refractivity contribution in [2.24, 2.45) is 0 Å². The van der Waals surface area contributed by atoms with Gasteiger partial charge in [-0.05, 0) is 31.2 Å². The van der Waals surface area contributed by atoms with E-state index in [1.807, 2.05) is 54.3 Å². The van der Waals surface area contributed by atoms with E-state index < -0.39 is 6.10 Å². The van der Waals surface area contributed by atoms with Crippen molar-refractivity contribution in [1.29, 1.82) is 0 Å². The van der Waals surface area contributed by atoms with Gasteiger partial charge in [0.15, 0.2) is 11.5 Å². The van der Waals surface area contributed by atoms with Crippen LogP contribution in [0.4, 0.5) is 0 Å². The van der Waals surface area contributed by atoms with E-state index in [0.717, 1.165) is 0 Å². The number of ether oxygens (including phenoxy) is 2. The second-order valence-electron chi connectivity index (χ2n) is 7.87. The highest BCUT2D eigenvalue weighted by Crippen LogP contribution is 2.31. The number of rotatable bonds is 3. The van der Waals surface area contributed by atoms with Crippen LogP contribution in [0.15, 0.2) is 53.3 Å². The number of aromatic amines is 1. The molecule has 31 heavy (non-hydrogen) atoms. The Hall–Kier alpha value is -3.39. The van der Waals surface area contributed by atoms with Crippen LogP contribution in [0.25, 0.3) is 10.9 Å². The number of fused-ring (bicyclic) bond motifs is 2. The monoisotopic (exact) mass is 420 g/mol. The summed E-state index contributed by atoms with van der Waals surface area (Å²) >= 11 is 0. The molecular formula is C23H24N4O4. The first-order chi connectivity index (χ1) is 15.1. The zero-order chi connectivity index (χ0) is 21.4. The van der Waals surface area contributed by atoms with Gasteiger partial charge in [-0.3, -0.25) is 14.5 Å². The van der Waals surface area contributed by atoms with Gasteiger partial charge in [-0.15, -0.1) is 0 Å². The first-order valence-corrected chi connectivity index (χ1v) is 10.5. The molecule has 0 spiro atoms. The fourth-order valence-electron chi connectivity index (χ4n) is 4.15. The van der Waals surface area contributed by atoms with Crippen molar-refractivity contribution >= 4 is 16.8 Å². The summed E-state index contributed by atoms with van der Waals surface area (Å²) in [5.74, 6) is 1.86. The molecule has 8 nitrogen and oxygen atoms in total. The second kappa shape index (κ2) is 8.03. The Morgan fingerprint density at radius 2 is 1.77 bits per heavy atom. The molecule has 8 heteroatoms. The summed E-state index contributed by atoms with van der Waals surface area (Å²) in [4.78, 5) is 37.0. The average molecular weight is 420 g/mol. The van der Waals surface area contributed by atoms with Gasteiger partial charge in [0.2, 0.25) is 6.10 Å². The van der Waals surface area contributed by atoms with Gasteiger partial charge < -0.3 is 19.4 Å². The molecule has 2 atom stereocenters. The average Bonchev–Trinajstić information content (AvgIpc) is 2.83. The minimum atomic E-state index is -0.627. The van der Waals surface area contributed by atoms with E-state index in [2.05, 4.69) is 14.9 Å². The number of hydrogen-bond donors (Lipinski definition) is 1. The van der Waals surface area contributed by atoms with Crippen LogP contribution < -0.4 is 15.0 Å². The highest BCUT2D eigenvalue weighted by Gasteiger charge is 2.33. The number of aromatic nitrogens is 2. The Labute approximate surface area is 179 Å². The van der Waals surface area contributed by atoms with Crippen LogP contribution in [0.3, 0.4) is 0 Å². The zero-order valence-electron chi connectivity index (χ0n) is 17.3. The third-order valence-electron chi connectivity index (χ3n) is 5.98. The van der Waals surface area contributed by atoms with Crippen molar-refractivity contribution in [2.75, 3.05) is 32.8 Å². The van der Waals surface area contributed by atoms with Crippen molar-refractivity contribution in [1.82, 2.24) is 19.8 Å². The lowest BCUT2D eigenvalue weighted by Crippen LogP contribution is -2.54. The molecule has 2 unspecified atom stereocenters. The molecule has 1 aromatic heterocycles. The summed E-state index contributed by atoms with van der Waals surface area (Å²) in [6.45, 7) is 4.79. The largest absolute Gasteiger partial charge is 0.485 e. The molecule has 0 saturated carbocycles. The molecule has 1 saturated heterocycles. The summed E-state index contributed by atoms with van der Waals surface area (Å²) < 4.78 is 11.6. The number of nitrogens with zero attached hydrogens (tertiary/aromatic N) is 3. The number of benzene rings is 2. The number of para-hydroxylation sites is 3. The standard InChI is InChI=1S/C23H24N4O4/c1-15(21-24-17-7-3-2-6-16(17)22(28)25-21)26-10-12-27(13-11-26)23(29)20-14-30-18-8-4-5-9-19(18)31-20/h2-9,15,20H,10-14H2,1H3,(H,24,25,28). The van der Waals surface area contributed by atoms with Crippen molar-refractivity contribution in [3.05, 3.63) is 64.7 Å². The van der Waals surface area contributed by atoms with Crippen LogP contribution >= 0.6 is 0 Å². The lowest BCUT2D eigenvalue weighted by molar-refractivity contribution is -0.143. The molecule has 5 rings (SSSR count). The Morgan fingerprint density at radius 3 is 2.58 bits per heavy atom. The fraction of sp³-hybridized carbons (Fsp3) is 0.348. The Kier molecular flexibility index (Phi) is 5.07. The molecule has 3 aromatic rings. The Bertz CT molecular complexity index is 1170. The number of amides is 1. The van der Waals surface area contributed by atoms with Crippen LogP contribution in [-0.2, 0) is 4.79 Å². The Morgan fingerprint density at radius 1 is 1.06 bits per heavy atom. The minimum Gasteiger partial charge on any atom is -0.485 e. The third kappa shape index (κ3) is 3.74. The van der Waals surface area contributed by atoms with E-state index in [0.29, 0.717) is 54.4 Å². The molecule has 1 fully saturated rings. The van der Waals surface area contributed by atoms with Gasteiger partial charge in [0, 0.05) is 26.2 Å². The third-order valence-corrected chi connectivity index (χ3v) is 5.98. The maximum atomic E-state index is 12.9. The molecule has 160 valence electrons. The van der Waals surface area contributed by atoms with E-state index in [9.17, 15) is 9.59 Å². The van der Waals surface area contributed by atoms with Gasteiger partial charge >= 0.3 is 0 Å². The lowest BCUT2D eigenvalue weighted by Gasteiger charge is -2.39. The fourth-order valence-corrected chi connectivity index (χ4v) is 4.15. The topological polar surface area (TPSA) is 87.8 Å². The molecule has 0 bridgehead atoms. The van der Waals surface area contributed by atoms with Gasteiger partial charge in [-0.25, -0.2) is 4.98 Å². The van der Waals surface area contributed by atoms with Gasteiger partial charge in [0.25, 0.3) is 11.5 Å². The second-order valence-corrected chi connectivity index (χ2v) is 7.87. The van der Waals surface area contributed by atoms with E-state index in [4.69, 9.17) is 9.47 Å². The van der Waals surface area contributed by atoms with Crippen LogP contribution in [0.5, 0.6) is 11.5 Å². The van der Waals surface area contributed by atoms with Crippen LogP contribution in [0.2, 0.25) is 0 Å². The summed E-state index contributed by atoms with van der Waals surface area (Å²) in [7, 11) is 0. The maximum Gasteiger partial charge on any atom is 0.267 e. The molecule has 2 aliphatic heterocycles. The van der Waals surface area contributed by atoms with Crippen LogP contribution in [0, 0.1) is 0 Å². The number of piperazine rings is 1. The minimum absolute atomic E-state index is 0.0564. The SMILES string of the molecule is CC(c1nc2ccccc2c(=O)[nH]1)N1CCN(C(=O)C2COc3ccccc3O2)CC1. The van der Waals surface area contributed by atoms with E-state index in [1.54, 1.807) is 6.07 Å². The van der Waals surface area contributed by atoms with Crippen LogP contribution in [0.1, 0.15) is 18.8 Å². The van der Waals surface area contributed by atoms with Crippen molar-refractivity contribution in [3.8, 4) is 11.5 Å². The predicted molar refractivity (Wildman–Crippen MR) is 115 cm³/mol. The summed E-state index contributed by atoms with van der Waals surface area (Å²) in [5, 5.41) is 0.588. The molecule has 2 aliphatic rings. The highest BCUT2D eigenvalue weighted by atomic mass is 16.6. The quantitative estimate of drug-likeness (QED) is 0.697. The van der Waals surface area contributed by atoms with Gasteiger partial charge in [0.05, 0.1) is 16.9 Å². The number of hydrogen-bond acceptors (Lipinski definition) is 6. The van der Waals surface area contributed by atoms with E-state index in [1.165, 1.54) is 0 Å². The first kappa shape index (κ1) is 19.6. The lowest BCUT2D eigenvalue weighted by atomic mass is 10.1. The highest BCUT2D eigenvalue weighted by molar-refractivity contribution is 5.82. The normalized spacial score (nSPS) is 19.9. The molecule has 0 radical (unpaired) electrons. The molecule has 1 N–H and O–H groups in total. The molecular weight excluding hydrogens is 396 g/mol. The van der Waals surface area contributed by atoms with Crippen molar-refractivity contribution in [3.63, 3.8) is 0 Å². The van der Waals surface area contributed by atoms with Crippen LogP contribution in [-0.4, -0.2) is 64.6 Å². The number of nitrogens with one attached hydrogen (secondary N) is 1.